The van der Waals surface area contributed by atoms with Crippen molar-refractivity contribution in [1.82, 2.24) is 19.2 Å². The molecule has 1 aliphatic rings. The van der Waals surface area contributed by atoms with E-state index in [1.807, 2.05) is 24.3 Å². The zero-order chi connectivity index (χ0) is 20.4. The van der Waals surface area contributed by atoms with E-state index in [0.717, 1.165) is 30.3 Å². The number of carbonyl (C=O) groups is 1. The van der Waals surface area contributed by atoms with Crippen LogP contribution in [-0.4, -0.2) is 53.6 Å². The predicted molar refractivity (Wildman–Crippen MR) is 111 cm³/mol. The lowest BCUT2D eigenvalue weighted by atomic mass is 10.2. The minimum absolute atomic E-state index is 0.0726. The number of nitrogens with zero attached hydrogens (tertiary/aromatic N) is 3. The Balaban J connectivity index is 1.60. The van der Waals surface area contributed by atoms with E-state index in [-0.39, 0.29) is 22.9 Å². The number of fused-ring (bicyclic) bond motifs is 1. The molecular formula is C21H24N4O3S. The van der Waals surface area contributed by atoms with Crippen LogP contribution in [0.25, 0.3) is 11.0 Å². The maximum absolute atomic E-state index is 13.1. The topological polar surface area (TPSA) is 86.4 Å². The molecule has 1 saturated heterocycles. The molecule has 0 unspecified atom stereocenters. The molecule has 1 amide bonds. The highest BCUT2D eigenvalue weighted by molar-refractivity contribution is 7.89. The van der Waals surface area contributed by atoms with E-state index in [0.29, 0.717) is 18.9 Å². The molecule has 4 rings (SSSR count). The molecule has 152 valence electrons. The third-order valence-electron chi connectivity index (χ3n) is 5.22. The van der Waals surface area contributed by atoms with Crippen LogP contribution in [0.15, 0.2) is 53.4 Å². The van der Waals surface area contributed by atoms with Gasteiger partial charge in [0.15, 0.2) is 0 Å². The van der Waals surface area contributed by atoms with E-state index in [4.69, 9.17) is 0 Å². The Morgan fingerprint density at radius 1 is 1.07 bits per heavy atom. The number of hydrogen-bond donors (Lipinski definition) is 1. The van der Waals surface area contributed by atoms with Gasteiger partial charge in [-0.15, -0.1) is 0 Å². The van der Waals surface area contributed by atoms with Crippen molar-refractivity contribution in [2.45, 2.75) is 30.7 Å². The summed E-state index contributed by atoms with van der Waals surface area (Å²) >= 11 is 0. The fourth-order valence-electron chi connectivity index (χ4n) is 3.70. The van der Waals surface area contributed by atoms with Crippen molar-refractivity contribution in [3.05, 3.63) is 59.9 Å². The Morgan fingerprint density at radius 3 is 2.52 bits per heavy atom. The van der Waals surface area contributed by atoms with Gasteiger partial charge >= 0.3 is 0 Å². The zero-order valence-electron chi connectivity index (χ0n) is 16.3. The summed E-state index contributed by atoms with van der Waals surface area (Å²) in [7, 11) is -2.05. The summed E-state index contributed by atoms with van der Waals surface area (Å²) in [5.74, 6) is 0.306. The van der Waals surface area contributed by atoms with Crippen LogP contribution >= 0.6 is 0 Å². The number of rotatable bonds is 5. The Kier molecular flexibility index (Phi) is 5.38. The van der Waals surface area contributed by atoms with E-state index >= 15 is 0 Å². The fraction of sp³-hybridized carbons (Fsp3) is 0.333. The van der Waals surface area contributed by atoms with Crippen LogP contribution in [0, 0.1) is 0 Å². The van der Waals surface area contributed by atoms with E-state index in [1.54, 1.807) is 25.2 Å². The van der Waals surface area contributed by atoms with Crippen LogP contribution in [0.3, 0.4) is 0 Å². The quantitative estimate of drug-likeness (QED) is 0.698. The van der Waals surface area contributed by atoms with Crippen molar-refractivity contribution in [2.75, 3.05) is 20.1 Å². The van der Waals surface area contributed by atoms with Crippen LogP contribution in [0.5, 0.6) is 0 Å². The third-order valence-corrected chi connectivity index (χ3v) is 7.18. The SMILES string of the molecule is CN(Cc1nc2ccccc2[nH]1)C(=O)c1ccccc1S(=O)(=O)N1CCCCC1. The van der Waals surface area contributed by atoms with Gasteiger partial charge in [0.25, 0.3) is 5.91 Å². The van der Waals surface area contributed by atoms with Crippen LogP contribution in [0.2, 0.25) is 0 Å². The molecule has 29 heavy (non-hydrogen) atoms. The standard InChI is InChI=1S/C21H24N4O3S/c1-24(15-20-22-17-10-4-5-11-18(17)23-20)21(26)16-9-3-6-12-19(16)29(27,28)25-13-7-2-8-14-25/h3-6,9-12H,2,7-8,13-15H2,1H3,(H,22,23). The second kappa shape index (κ2) is 7.96. The van der Waals surface area contributed by atoms with E-state index in [9.17, 15) is 13.2 Å². The molecule has 1 aromatic heterocycles. The molecule has 2 aromatic carbocycles. The van der Waals surface area contributed by atoms with Gasteiger partial charge in [0.2, 0.25) is 10.0 Å². The summed E-state index contributed by atoms with van der Waals surface area (Å²) in [5.41, 5.74) is 1.92. The van der Waals surface area contributed by atoms with Gasteiger partial charge < -0.3 is 9.88 Å². The molecule has 8 heteroatoms. The first-order valence-electron chi connectivity index (χ1n) is 9.75. The number of hydrogen-bond acceptors (Lipinski definition) is 4. The Hall–Kier alpha value is -2.71. The number of benzene rings is 2. The second-order valence-corrected chi connectivity index (χ2v) is 9.23. The van der Waals surface area contributed by atoms with Crippen molar-refractivity contribution >= 4 is 27.0 Å². The van der Waals surface area contributed by atoms with E-state index in [1.165, 1.54) is 15.3 Å². The molecule has 0 bridgehead atoms. The number of imidazole rings is 1. The maximum Gasteiger partial charge on any atom is 0.255 e. The summed E-state index contributed by atoms with van der Waals surface area (Å²) in [4.78, 5) is 22.4. The second-order valence-electron chi connectivity index (χ2n) is 7.32. The molecule has 0 radical (unpaired) electrons. The van der Waals surface area contributed by atoms with Gasteiger partial charge in [0.1, 0.15) is 5.82 Å². The molecule has 7 nitrogen and oxygen atoms in total. The lowest BCUT2D eigenvalue weighted by molar-refractivity contribution is 0.0778. The molecule has 3 aromatic rings. The van der Waals surface area contributed by atoms with Gasteiger partial charge in [0, 0.05) is 20.1 Å². The van der Waals surface area contributed by atoms with Crippen LogP contribution < -0.4 is 0 Å². The van der Waals surface area contributed by atoms with Gasteiger partial charge in [-0.2, -0.15) is 4.31 Å². The van der Waals surface area contributed by atoms with E-state index < -0.39 is 10.0 Å². The van der Waals surface area contributed by atoms with Crippen LogP contribution in [-0.2, 0) is 16.6 Å². The van der Waals surface area contributed by atoms with Crippen molar-refractivity contribution in [2.24, 2.45) is 0 Å². The zero-order valence-corrected chi connectivity index (χ0v) is 17.2. The number of piperidine rings is 1. The summed E-state index contributed by atoms with van der Waals surface area (Å²) in [6, 6.07) is 14.1. The monoisotopic (exact) mass is 412 g/mol. The molecule has 1 fully saturated rings. The minimum Gasteiger partial charge on any atom is -0.340 e. The number of para-hydroxylation sites is 2. The highest BCUT2D eigenvalue weighted by atomic mass is 32.2. The summed E-state index contributed by atoms with van der Waals surface area (Å²) in [5, 5.41) is 0. The van der Waals surface area contributed by atoms with Crippen molar-refractivity contribution in [3.8, 4) is 0 Å². The molecule has 0 atom stereocenters. The fourth-order valence-corrected chi connectivity index (χ4v) is 5.40. The molecule has 1 N–H and O–H groups in total. The molecule has 0 saturated carbocycles. The molecule has 0 aliphatic carbocycles. The molecule has 1 aliphatic heterocycles. The Labute approximate surface area is 170 Å². The number of aromatic nitrogens is 2. The van der Waals surface area contributed by atoms with Gasteiger partial charge in [-0.05, 0) is 37.1 Å². The number of carbonyl (C=O) groups excluding carboxylic acids is 1. The molecular weight excluding hydrogens is 388 g/mol. The average molecular weight is 413 g/mol. The number of amides is 1. The van der Waals surface area contributed by atoms with Gasteiger partial charge in [0.05, 0.1) is 28.0 Å². The lowest BCUT2D eigenvalue weighted by Gasteiger charge is -2.27. The summed E-state index contributed by atoms with van der Waals surface area (Å²) < 4.78 is 27.8. The summed E-state index contributed by atoms with van der Waals surface area (Å²) in [6.45, 7) is 1.25. The average Bonchev–Trinajstić information content (AvgIpc) is 3.16. The minimum atomic E-state index is -3.70. The van der Waals surface area contributed by atoms with Gasteiger partial charge in [-0.25, -0.2) is 13.4 Å². The number of H-pyrrole nitrogens is 1. The number of aromatic amines is 1. The van der Waals surface area contributed by atoms with Crippen molar-refractivity contribution < 1.29 is 13.2 Å². The molecule has 0 spiro atoms. The first-order valence-corrected chi connectivity index (χ1v) is 11.2. The maximum atomic E-state index is 13.1. The van der Waals surface area contributed by atoms with E-state index in [2.05, 4.69) is 9.97 Å². The first kappa shape index (κ1) is 19.6. The number of nitrogens with one attached hydrogen (secondary N) is 1. The number of sulfonamides is 1. The highest BCUT2D eigenvalue weighted by Crippen LogP contribution is 2.24. The third kappa shape index (κ3) is 3.90. The smallest absolute Gasteiger partial charge is 0.255 e. The summed E-state index contributed by atoms with van der Waals surface area (Å²) in [6.07, 6.45) is 2.73. The van der Waals surface area contributed by atoms with Crippen molar-refractivity contribution in [3.63, 3.8) is 0 Å². The van der Waals surface area contributed by atoms with Crippen LogP contribution in [0.4, 0.5) is 0 Å². The van der Waals surface area contributed by atoms with Gasteiger partial charge in [-0.1, -0.05) is 30.7 Å². The van der Waals surface area contributed by atoms with Crippen molar-refractivity contribution in [1.29, 1.82) is 0 Å². The van der Waals surface area contributed by atoms with Gasteiger partial charge in [-0.3, -0.25) is 4.79 Å². The van der Waals surface area contributed by atoms with Crippen LogP contribution in [0.1, 0.15) is 35.4 Å². The highest BCUT2D eigenvalue weighted by Gasteiger charge is 2.30. The predicted octanol–water partition coefficient (Wildman–Crippen LogP) is 3.01. The normalized spacial score (nSPS) is 15.5. The first-order chi connectivity index (χ1) is 14.0. The lowest BCUT2D eigenvalue weighted by Crippen LogP contribution is -2.37. The Morgan fingerprint density at radius 2 is 1.76 bits per heavy atom. The molecule has 2 heterocycles. The Bertz CT molecular complexity index is 1100. The largest absolute Gasteiger partial charge is 0.340 e.